The quantitative estimate of drug-likeness (QED) is 0.846. The molecule has 0 fully saturated rings. The van der Waals surface area contributed by atoms with Crippen LogP contribution in [0.2, 0.25) is 0 Å². The molecule has 94 valence electrons. The number of aromatic amines is 1. The molecule has 0 amide bonds. The van der Waals surface area contributed by atoms with Crippen molar-refractivity contribution in [1.82, 2.24) is 4.98 Å². The standard InChI is InChI=1S/C14H15NO3/c1-3-8-5-10-11(6-9(8)4-2)15-14(18)13(17)7-12(10)16/h5-7,17H,3-4H2,1-2H3,(H,15,18). The van der Waals surface area contributed by atoms with Crippen molar-refractivity contribution < 1.29 is 5.11 Å². The van der Waals surface area contributed by atoms with Crippen LogP contribution in [0, 0.1) is 0 Å². The van der Waals surface area contributed by atoms with Crippen molar-refractivity contribution in [3.05, 3.63) is 49.9 Å². The van der Waals surface area contributed by atoms with E-state index in [0.717, 1.165) is 30.0 Å². The number of aryl methyl sites for hydroxylation is 2. The molecule has 2 rings (SSSR count). The summed E-state index contributed by atoms with van der Waals surface area (Å²) in [7, 11) is 0. The fraction of sp³-hybridized carbons (Fsp3) is 0.286. The molecule has 0 saturated carbocycles. The summed E-state index contributed by atoms with van der Waals surface area (Å²) in [4.78, 5) is 25.9. The zero-order valence-electron chi connectivity index (χ0n) is 10.4. The predicted octanol–water partition coefficient (Wildman–Crippen LogP) is 1.72. The highest BCUT2D eigenvalue weighted by Gasteiger charge is 2.06. The van der Waals surface area contributed by atoms with Crippen molar-refractivity contribution in [2.45, 2.75) is 26.7 Å². The van der Waals surface area contributed by atoms with E-state index in [1.165, 1.54) is 0 Å². The van der Waals surface area contributed by atoms with Crippen molar-refractivity contribution in [1.29, 1.82) is 0 Å². The van der Waals surface area contributed by atoms with E-state index in [-0.39, 0.29) is 5.43 Å². The van der Waals surface area contributed by atoms with Gasteiger partial charge in [0, 0.05) is 11.5 Å². The molecule has 0 aliphatic heterocycles. The smallest absolute Gasteiger partial charge is 0.290 e. The number of benzene rings is 1. The van der Waals surface area contributed by atoms with Crippen molar-refractivity contribution in [2.75, 3.05) is 0 Å². The fourth-order valence-corrected chi connectivity index (χ4v) is 2.11. The average Bonchev–Trinajstić information content (AvgIpc) is 2.46. The summed E-state index contributed by atoms with van der Waals surface area (Å²) < 4.78 is 0. The highest BCUT2D eigenvalue weighted by atomic mass is 16.3. The third kappa shape index (κ3) is 2.01. The summed E-state index contributed by atoms with van der Waals surface area (Å²) in [6, 6.07) is 4.58. The van der Waals surface area contributed by atoms with Gasteiger partial charge in [-0.2, -0.15) is 0 Å². The lowest BCUT2D eigenvalue weighted by Gasteiger charge is -2.06. The van der Waals surface area contributed by atoms with Gasteiger partial charge in [0.1, 0.15) is 0 Å². The molecule has 1 aromatic carbocycles. The van der Waals surface area contributed by atoms with Crippen LogP contribution in [0.5, 0.6) is 5.75 Å². The Balaban J connectivity index is 2.99. The van der Waals surface area contributed by atoms with Crippen LogP contribution >= 0.6 is 0 Å². The Morgan fingerprint density at radius 3 is 2.28 bits per heavy atom. The Morgan fingerprint density at radius 1 is 1.06 bits per heavy atom. The van der Waals surface area contributed by atoms with Crippen molar-refractivity contribution >= 4 is 10.9 Å². The lowest BCUT2D eigenvalue weighted by molar-refractivity contribution is 0.468. The normalized spacial score (nSPS) is 10.8. The number of nitrogens with one attached hydrogen (secondary N) is 1. The molecule has 4 heteroatoms. The third-order valence-electron chi connectivity index (χ3n) is 3.12. The molecular weight excluding hydrogens is 230 g/mol. The van der Waals surface area contributed by atoms with Crippen LogP contribution in [0.25, 0.3) is 10.9 Å². The molecule has 0 radical (unpaired) electrons. The van der Waals surface area contributed by atoms with E-state index in [4.69, 9.17) is 0 Å². The van der Waals surface area contributed by atoms with E-state index >= 15 is 0 Å². The molecule has 1 aromatic heterocycles. The van der Waals surface area contributed by atoms with Crippen LogP contribution < -0.4 is 11.0 Å². The van der Waals surface area contributed by atoms with Gasteiger partial charge in [0.05, 0.1) is 5.52 Å². The van der Waals surface area contributed by atoms with E-state index in [1.807, 2.05) is 19.9 Å². The molecule has 0 saturated heterocycles. The summed E-state index contributed by atoms with van der Waals surface area (Å²) in [5, 5.41) is 9.81. The SMILES string of the molecule is CCc1cc2[nH]c(=O)c(O)cc(=O)c2cc1CC. The average molecular weight is 245 g/mol. The van der Waals surface area contributed by atoms with E-state index in [9.17, 15) is 14.7 Å². The molecule has 0 atom stereocenters. The van der Waals surface area contributed by atoms with Gasteiger partial charge in [0.25, 0.3) is 5.56 Å². The first-order valence-corrected chi connectivity index (χ1v) is 5.99. The van der Waals surface area contributed by atoms with Crippen LogP contribution in [0.1, 0.15) is 25.0 Å². The van der Waals surface area contributed by atoms with Crippen molar-refractivity contribution in [3.63, 3.8) is 0 Å². The Morgan fingerprint density at radius 2 is 1.67 bits per heavy atom. The minimum atomic E-state index is -0.645. The largest absolute Gasteiger partial charge is 0.503 e. The number of hydrogen-bond acceptors (Lipinski definition) is 3. The zero-order chi connectivity index (χ0) is 13.3. The van der Waals surface area contributed by atoms with Crippen molar-refractivity contribution in [3.8, 4) is 5.75 Å². The molecule has 0 aliphatic carbocycles. The third-order valence-corrected chi connectivity index (χ3v) is 3.12. The molecule has 0 bridgehead atoms. The summed E-state index contributed by atoms with van der Waals surface area (Å²) >= 11 is 0. The van der Waals surface area contributed by atoms with Gasteiger partial charge < -0.3 is 10.1 Å². The first kappa shape index (κ1) is 12.4. The van der Waals surface area contributed by atoms with Gasteiger partial charge in [-0.15, -0.1) is 0 Å². The molecule has 0 unspecified atom stereocenters. The second-order valence-corrected chi connectivity index (χ2v) is 4.22. The second kappa shape index (κ2) is 4.64. The van der Waals surface area contributed by atoms with Crippen LogP contribution in [-0.2, 0) is 12.8 Å². The molecule has 18 heavy (non-hydrogen) atoms. The topological polar surface area (TPSA) is 70.2 Å². The summed E-state index contributed by atoms with van der Waals surface area (Å²) in [5.41, 5.74) is 1.67. The van der Waals surface area contributed by atoms with Gasteiger partial charge in [-0.1, -0.05) is 13.8 Å². The minimum absolute atomic E-state index is 0.349. The highest BCUT2D eigenvalue weighted by Crippen LogP contribution is 2.17. The van der Waals surface area contributed by atoms with E-state index < -0.39 is 11.3 Å². The molecule has 0 aliphatic rings. The maximum absolute atomic E-state index is 11.9. The molecule has 0 spiro atoms. The Kier molecular flexibility index (Phi) is 3.19. The highest BCUT2D eigenvalue weighted by molar-refractivity contribution is 5.80. The molecular formula is C14H15NO3. The van der Waals surface area contributed by atoms with Gasteiger partial charge in [0.2, 0.25) is 0 Å². The van der Waals surface area contributed by atoms with Crippen molar-refractivity contribution in [2.24, 2.45) is 0 Å². The number of aromatic nitrogens is 1. The van der Waals surface area contributed by atoms with E-state index in [2.05, 4.69) is 4.98 Å². The number of H-pyrrole nitrogens is 1. The Bertz CT molecular complexity index is 716. The first-order chi connectivity index (χ1) is 8.56. The first-order valence-electron chi connectivity index (χ1n) is 5.99. The summed E-state index contributed by atoms with van der Waals surface area (Å²) in [6.07, 6.45) is 1.66. The zero-order valence-corrected chi connectivity index (χ0v) is 10.4. The number of rotatable bonds is 2. The van der Waals surface area contributed by atoms with E-state index in [1.54, 1.807) is 6.07 Å². The lowest BCUT2D eigenvalue weighted by atomic mass is 10.0. The minimum Gasteiger partial charge on any atom is -0.503 e. The molecule has 2 aromatic rings. The van der Waals surface area contributed by atoms with Gasteiger partial charge in [-0.25, -0.2) is 0 Å². The number of aromatic hydroxyl groups is 1. The Hall–Kier alpha value is -2.10. The maximum atomic E-state index is 11.9. The van der Waals surface area contributed by atoms with Crippen LogP contribution in [-0.4, -0.2) is 10.1 Å². The van der Waals surface area contributed by atoms with Crippen LogP contribution in [0.4, 0.5) is 0 Å². The Labute approximate surface area is 104 Å². The summed E-state index contributed by atoms with van der Waals surface area (Å²) in [6.45, 7) is 4.05. The number of fused-ring (bicyclic) bond motifs is 1. The van der Waals surface area contributed by atoms with Crippen LogP contribution in [0.3, 0.4) is 0 Å². The molecule has 1 heterocycles. The molecule has 2 N–H and O–H groups in total. The van der Waals surface area contributed by atoms with Gasteiger partial charge in [0.15, 0.2) is 11.2 Å². The lowest BCUT2D eigenvalue weighted by Crippen LogP contribution is -2.01. The monoisotopic (exact) mass is 245 g/mol. The van der Waals surface area contributed by atoms with E-state index in [0.29, 0.717) is 10.9 Å². The maximum Gasteiger partial charge on any atom is 0.290 e. The predicted molar refractivity (Wildman–Crippen MR) is 71.3 cm³/mol. The fourth-order valence-electron chi connectivity index (χ4n) is 2.11. The van der Waals surface area contributed by atoms with Gasteiger partial charge in [-0.05, 0) is 36.1 Å². The molecule has 4 nitrogen and oxygen atoms in total. The van der Waals surface area contributed by atoms with Gasteiger partial charge >= 0.3 is 0 Å². The van der Waals surface area contributed by atoms with Gasteiger partial charge in [-0.3, -0.25) is 9.59 Å². The van der Waals surface area contributed by atoms with Crippen LogP contribution in [0.15, 0.2) is 27.8 Å². The number of hydrogen-bond donors (Lipinski definition) is 2. The summed E-state index contributed by atoms with van der Waals surface area (Å²) in [5.74, 6) is -0.549. The second-order valence-electron chi connectivity index (χ2n) is 4.22.